The lowest BCUT2D eigenvalue weighted by atomic mass is 10.1. The summed E-state index contributed by atoms with van der Waals surface area (Å²) in [7, 11) is 0. The number of para-hydroxylation sites is 1. The van der Waals surface area contributed by atoms with Gasteiger partial charge in [0.05, 0.1) is 6.61 Å². The number of nitro groups is 1. The van der Waals surface area contributed by atoms with E-state index in [9.17, 15) is 10.1 Å². The van der Waals surface area contributed by atoms with E-state index in [2.05, 4.69) is 10.2 Å². The van der Waals surface area contributed by atoms with Crippen molar-refractivity contribution >= 4 is 23.4 Å². The fourth-order valence-corrected chi connectivity index (χ4v) is 5.00. The van der Waals surface area contributed by atoms with E-state index in [1.807, 2.05) is 79.1 Å². The van der Waals surface area contributed by atoms with E-state index < -0.39 is 5.25 Å². The molecule has 1 aromatic heterocycles. The van der Waals surface area contributed by atoms with Crippen LogP contribution in [0.25, 0.3) is 5.69 Å². The molecule has 1 heterocycles. The fourth-order valence-electron chi connectivity index (χ4n) is 3.65. The van der Waals surface area contributed by atoms with Gasteiger partial charge in [-0.2, -0.15) is 0 Å². The lowest BCUT2D eigenvalue weighted by Gasteiger charge is -2.17. The zero-order chi connectivity index (χ0) is 25.5. The maximum atomic E-state index is 11.6. The molecular formula is C26H25ClN4O4S. The predicted molar refractivity (Wildman–Crippen MR) is 140 cm³/mol. The Morgan fingerprint density at radius 2 is 1.78 bits per heavy atom. The number of nitrogens with zero attached hydrogens (tertiary/aromatic N) is 4. The molecular weight excluding hydrogens is 500 g/mol. The van der Waals surface area contributed by atoms with Crippen LogP contribution in [0.5, 0.6) is 11.5 Å². The Hall–Kier alpha value is -3.56. The second-order valence-electron chi connectivity index (χ2n) is 7.84. The fraction of sp³-hybridized carbons (Fsp3) is 0.231. The topological polar surface area (TPSA) is 92.3 Å². The van der Waals surface area contributed by atoms with Gasteiger partial charge in [0.25, 0.3) is 0 Å². The Bertz CT molecular complexity index is 1330. The first kappa shape index (κ1) is 25.5. The van der Waals surface area contributed by atoms with Gasteiger partial charge in [0, 0.05) is 21.2 Å². The molecule has 0 bridgehead atoms. The Morgan fingerprint density at radius 3 is 2.50 bits per heavy atom. The van der Waals surface area contributed by atoms with Gasteiger partial charge >= 0.3 is 0 Å². The first-order chi connectivity index (χ1) is 17.5. The molecule has 0 N–H and O–H groups in total. The molecule has 10 heteroatoms. The monoisotopic (exact) mass is 524 g/mol. The molecule has 0 aliphatic carbocycles. The van der Waals surface area contributed by atoms with E-state index in [4.69, 9.17) is 21.1 Å². The van der Waals surface area contributed by atoms with E-state index >= 15 is 0 Å². The minimum absolute atomic E-state index is 0.269. The molecule has 0 saturated carbocycles. The molecule has 1 atom stereocenters. The summed E-state index contributed by atoms with van der Waals surface area (Å²) in [5.41, 5.74) is 2.47. The van der Waals surface area contributed by atoms with Gasteiger partial charge in [-0.3, -0.25) is 14.7 Å². The summed E-state index contributed by atoms with van der Waals surface area (Å²) < 4.78 is 13.7. The van der Waals surface area contributed by atoms with Crippen molar-refractivity contribution in [3.63, 3.8) is 0 Å². The van der Waals surface area contributed by atoms with Gasteiger partial charge in [0.1, 0.15) is 17.7 Å². The minimum atomic E-state index is -0.525. The summed E-state index contributed by atoms with van der Waals surface area (Å²) in [4.78, 5) is 11.3. The highest BCUT2D eigenvalue weighted by Gasteiger charge is 2.25. The SMILES string of the molecule is CCOc1cc([C@@H](C[N+](=O)[O-])Sc2nnc(C)n2-c2ccccc2)ccc1OCc1ccccc1Cl. The van der Waals surface area contributed by atoms with Gasteiger partial charge < -0.3 is 9.47 Å². The Balaban J connectivity index is 1.62. The first-order valence-electron chi connectivity index (χ1n) is 11.3. The molecule has 0 aliphatic rings. The average Bonchev–Trinajstić information content (AvgIpc) is 3.24. The smallest absolute Gasteiger partial charge is 0.220 e. The quantitative estimate of drug-likeness (QED) is 0.129. The van der Waals surface area contributed by atoms with E-state index in [0.717, 1.165) is 16.8 Å². The molecule has 0 aliphatic heterocycles. The number of ether oxygens (including phenoxy) is 2. The third-order valence-corrected chi connectivity index (χ3v) is 6.90. The van der Waals surface area contributed by atoms with Crippen LogP contribution in [0, 0.1) is 17.0 Å². The maximum absolute atomic E-state index is 11.6. The maximum Gasteiger partial charge on any atom is 0.220 e. The zero-order valence-corrected chi connectivity index (χ0v) is 21.4. The third kappa shape index (κ3) is 6.16. The number of hydrogen-bond acceptors (Lipinski definition) is 7. The molecule has 0 unspecified atom stereocenters. The van der Waals surface area contributed by atoms with Crippen LogP contribution in [0.2, 0.25) is 5.02 Å². The van der Waals surface area contributed by atoms with Crippen LogP contribution in [0.3, 0.4) is 0 Å². The van der Waals surface area contributed by atoms with Gasteiger partial charge in [-0.05, 0) is 49.7 Å². The molecule has 186 valence electrons. The Kier molecular flexibility index (Phi) is 8.45. The van der Waals surface area contributed by atoms with Gasteiger partial charge in [-0.25, -0.2) is 0 Å². The average molecular weight is 525 g/mol. The molecule has 0 saturated heterocycles. The summed E-state index contributed by atoms with van der Waals surface area (Å²) in [6.07, 6.45) is 0. The summed E-state index contributed by atoms with van der Waals surface area (Å²) in [5.74, 6) is 1.74. The van der Waals surface area contributed by atoms with Crippen molar-refractivity contribution in [2.75, 3.05) is 13.2 Å². The van der Waals surface area contributed by atoms with Crippen molar-refractivity contribution in [3.8, 4) is 17.2 Å². The number of aromatic nitrogens is 3. The second-order valence-corrected chi connectivity index (χ2v) is 9.42. The van der Waals surface area contributed by atoms with Crippen molar-refractivity contribution in [2.45, 2.75) is 30.9 Å². The molecule has 4 rings (SSSR count). The number of halogens is 1. The number of rotatable bonds is 11. The van der Waals surface area contributed by atoms with Gasteiger partial charge in [-0.15, -0.1) is 10.2 Å². The van der Waals surface area contributed by atoms with E-state index in [1.165, 1.54) is 11.8 Å². The van der Waals surface area contributed by atoms with Crippen molar-refractivity contribution in [3.05, 3.63) is 105 Å². The summed E-state index contributed by atoms with van der Waals surface area (Å²) >= 11 is 7.54. The van der Waals surface area contributed by atoms with Crippen molar-refractivity contribution in [1.82, 2.24) is 14.8 Å². The normalized spacial score (nSPS) is 11.8. The lowest BCUT2D eigenvalue weighted by molar-refractivity contribution is -0.479. The highest BCUT2D eigenvalue weighted by atomic mass is 35.5. The zero-order valence-electron chi connectivity index (χ0n) is 19.8. The summed E-state index contributed by atoms with van der Waals surface area (Å²) in [5, 5.41) is 20.8. The van der Waals surface area contributed by atoms with Crippen LogP contribution < -0.4 is 9.47 Å². The van der Waals surface area contributed by atoms with Crippen LogP contribution >= 0.6 is 23.4 Å². The number of benzene rings is 3. The molecule has 4 aromatic rings. The Morgan fingerprint density at radius 1 is 1.03 bits per heavy atom. The number of hydrogen-bond donors (Lipinski definition) is 0. The standard InChI is InChI=1S/C26H25ClN4O4S/c1-3-34-24-15-19(13-14-23(24)35-17-20-9-7-8-12-22(20)27)25(16-30(32)33)36-26-29-28-18(2)31(26)21-10-5-4-6-11-21/h4-15,25H,3,16-17H2,1-2H3/t25-/m1/s1. The van der Waals surface area contributed by atoms with Crippen molar-refractivity contribution in [1.29, 1.82) is 0 Å². The van der Waals surface area contributed by atoms with Crippen LogP contribution in [0.4, 0.5) is 0 Å². The molecule has 3 aromatic carbocycles. The molecule has 0 amide bonds. The molecule has 0 spiro atoms. The summed E-state index contributed by atoms with van der Waals surface area (Å²) in [6.45, 7) is 4.12. The Labute approximate surface area is 218 Å². The third-order valence-electron chi connectivity index (χ3n) is 5.35. The van der Waals surface area contributed by atoms with Gasteiger partial charge in [-0.1, -0.05) is 65.8 Å². The van der Waals surface area contributed by atoms with Crippen molar-refractivity contribution < 1.29 is 14.4 Å². The molecule has 8 nitrogen and oxygen atoms in total. The van der Waals surface area contributed by atoms with Crippen LogP contribution in [-0.4, -0.2) is 32.8 Å². The predicted octanol–water partition coefficient (Wildman–Crippen LogP) is 6.32. The number of thioether (sulfide) groups is 1. The molecule has 0 radical (unpaired) electrons. The molecule has 36 heavy (non-hydrogen) atoms. The van der Waals surface area contributed by atoms with Crippen LogP contribution in [0.1, 0.15) is 29.1 Å². The van der Waals surface area contributed by atoms with E-state index in [0.29, 0.717) is 34.1 Å². The molecule has 0 fully saturated rings. The van der Waals surface area contributed by atoms with Crippen LogP contribution in [0.15, 0.2) is 78.0 Å². The van der Waals surface area contributed by atoms with E-state index in [-0.39, 0.29) is 18.1 Å². The second kappa shape index (κ2) is 11.9. The van der Waals surface area contributed by atoms with Crippen LogP contribution in [-0.2, 0) is 6.61 Å². The minimum Gasteiger partial charge on any atom is -0.490 e. The summed E-state index contributed by atoms with van der Waals surface area (Å²) in [6, 6.07) is 22.5. The number of aryl methyl sites for hydroxylation is 1. The highest BCUT2D eigenvalue weighted by Crippen LogP contribution is 2.39. The van der Waals surface area contributed by atoms with Gasteiger partial charge in [0.15, 0.2) is 16.7 Å². The van der Waals surface area contributed by atoms with Gasteiger partial charge in [0.2, 0.25) is 6.54 Å². The first-order valence-corrected chi connectivity index (χ1v) is 12.6. The lowest BCUT2D eigenvalue weighted by Crippen LogP contribution is -2.11. The highest BCUT2D eigenvalue weighted by molar-refractivity contribution is 7.99. The largest absolute Gasteiger partial charge is 0.490 e. The van der Waals surface area contributed by atoms with Crippen molar-refractivity contribution in [2.24, 2.45) is 0 Å². The van der Waals surface area contributed by atoms with E-state index in [1.54, 1.807) is 12.1 Å².